The van der Waals surface area contributed by atoms with E-state index in [0.29, 0.717) is 15.8 Å². The first-order chi connectivity index (χ1) is 12.7. The van der Waals surface area contributed by atoms with Gasteiger partial charge in [0.25, 0.3) is 10.0 Å². The molecule has 1 aliphatic heterocycles. The van der Waals surface area contributed by atoms with Crippen LogP contribution in [-0.2, 0) is 16.4 Å². The SMILES string of the molecule is CC(C)c1ccc2c(c1)-c1cc(Cl)cc3c(CCN(C)C)cn(c13)S2(=O)=O. The first-order valence-corrected chi connectivity index (χ1v) is 10.9. The molecular weight excluding hydrogens is 380 g/mol. The highest BCUT2D eigenvalue weighted by Gasteiger charge is 2.32. The molecule has 0 spiro atoms. The fourth-order valence-corrected chi connectivity index (χ4v) is 5.56. The molecule has 0 bridgehead atoms. The van der Waals surface area contributed by atoms with Gasteiger partial charge in [0, 0.05) is 34.3 Å². The Morgan fingerprint density at radius 2 is 1.85 bits per heavy atom. The Bertz CT molecular complexity index is 1160. The molecule has 4 nitrogen and oxygen atoms in total. The zero-order valence-electron chi connectivity index (χ0n) is 16.0. The molecule has 142 valence electrons. The van der Waals surface area contributed by atoms with E-state index in [-0.39, 0.29) is 0 Å². The minimum absolute atomic E-state index is 0.317. The van der Waals surface area contributed by atoms with Gasteiger partial charge in [-0.15, -0.1) is 0 Å². The Morgan fingerprint density at radius 3 is 2.52 bits per heavy atom. The van der Waals surface area contributed by atoms with Crippen LogP contribution in [0.3, 0.4) is 0 Å². The number of hydrogen-bond donors (Lipinski definition) is 0. The minimum Gasteiger partial charge on any atom is -0.309 e. The van der Waals surface area contributed by atoms with Crippen LogP contribution in [0.2, 0.25) is 5.02 Å². The summed E-state index contributed by atoms with van der Waals surface area (Å²) >= 11 is 6.44. The lowest BCUT2D eigenvalue weighted by molar-refractivity contribution is 0.414. The van der Waals surface area contributed by atoms with E-state index in [0.717, 1.165) is 46.1 Å². The zero-order valence-corrected chi connectivity index (χ0v) is 17.5. The molecule has 3 aromatic rings. The molecule has 1 aliphatic rings. The molecule has 2 aromatic carbocycles. The van der Waals surface area contributed by atoms with Gasteiger partial charge in [-0.25, -0.2) is 12.4 Å². The summed E-state index contributed by atoms with van der Waals surface area (Å²) < 4.78 is 28.1. The number of nitrogens with zero attached hydrogens (tertiary/aromatic N) is 2. The summed E-state index contributed by atoms with van der Waals surface area (Å²) in [7, 11) is 0.399. The Balaban J connectivity index is 2.06. The third kappa shape index (κ3) is 2.89. The van der Waals surface area contributed by atoms with E-state index in [1.54, 1.807) is 12.3 Å². The summed E-state index contributed by atoms with van der Waals surface area (Å²) in [4.78, 5) is 2.43. The predicted octanol–water partition coefficient (Wildman–Crippen LogP) is 4.74. The summed E-state index contributed by atoms with van der Waals surface area (Å²) in [6, 6.07) is 9.40. The van der Waals surface area contributed by atoms with E-state index >= 15 is 0 Å². The van der Waals surface area contributed by atoms with Crippen molar-refractivity contribution in [3.05, 3.63) is 52.7 Å². The molecule has 6 heteroatoms. The van der Waals surface area contributed by atoms with E-state index in [9.17, 15) is 8.42 Å². The number of rotatable bonds is 4. The molecule has 0 saturated heterocycles. The largest absolute Gasteiger partial charge is 0.309 e. The lowest BCUT2D eigenvalue weighted by Crippen LogP contribution is -2.17. The third-order valence-electron chi connectivity index (χ3n) is 5.24. The van der Waals surface area contributed by atoms with E-state index in [2.05, 4.69) is 18.7 Å². The zero-order chi connectivity index (χ0) is 19.5. The van der Waals surface area contributed by atoms with Crippen LogP contribution in [-0.4, -0.2) is 37.9 Å². The van der Waals surface area contributed by atoms with E-state index < -0.39 is 10.0 Å². The van der Waals surface area contributed by atoms with Crippen molar-refractivity contribution in [1.82, 2.24) is 8.87 Å². The highest BCUT2D eigenvalue weighted by Crippen LogP contribution is 2.44. The predicted molar refractivity (Wildman–Crippen MR) is 111 cm³/mol. The maximum absolute atomic E-state index is 13.3. The Morgan fingerprint density at radius 1 is 1.11 bits per heavy atom. The molecule has 2 heterocycles. The standard InChI is InChI=1S/C21H23ClN2O2S/c1-13(2)14-5-6-20-18(9-14)19-11-16(22)10-17-15(7-8-23(3)4)12-24(21(17)19)27(20,25)26/h5-6,9-13H,7-8H2,1-4H3. The van der Waals surface area contributed by atoms with Gasteiger partial charge in [-0.05, 0) is 61.8 Å². The van der Waals surface area contributed by atoms with Crippen molar-refractivity contribution in [1.29, 1.82) is 0 Å². The Labute approximate surface area is 165 Å². The van der Waals surface area contributed by atoms with Crippen LogP contribution in [0.15, 0.2) is 41.4 Å². The van der Waals surface area contributed by atoms with Gasteiger partial charge in [-0.3, -0.25) is 0 Å². The van der Waals surface area contributed by atoms with Gasteiger partial charge in [0.2, 0.25) is 0 Å². The van der Waals surface area contributed by atoms with Gasteiger partial charge in [-0.1, -0.05) is 31.5 Å². The second-order valence-corrected chi connectivity index (χ2v) is 9.99. The van der Waals surface area contributed by atoms with Crippen molar-refractivity contribution in [3.63, 3.8) is 0 Å². The molecule has 0 saturated carbocycles. The van der Waals surface area contributed by atoms with Gasteiger partial charge >= 0.3 is 0 Å². The van der Waals surface area contributed by atoms with Crippen LogP contribution in [0.5, 0.6) is 0 Å². The summed E-state index contributed by atoms with van der Waals surface area (Å²) in [5.74, 6) is 0.317. The van der Waals surface area contributed by atoms with Gasteiger partial charge in [-0.2, -0.15) is 0 Å². The molecule has 0 N–H and O–H groups in total. The van der Waals surface area contributed by atoms with Crippen molar-refractivity contribution in [3.8, 4) is 11.1 Å². The number of benzene rings is 2. The smallest absolute Gasteiger partial charge is 0.268 e. The van der Waals surface area contributed by atoms with Crippen LogP contribution in [0.4, 0.5) is 0 Å². The van der Waals surface area contributed by atoms with E-state index in [1.165, 1.54) is 3.97 Å². The monoisotopic (exact) mass is 402 g/mol. The van der Waals surface area contributed by atoms with Crippen molar-refractivity contribution >= 4 is 32.5 Å². The van der Waals surface area contributed by atoms with Crippen molar-refractivity contribution < 1.29 is 8.42 Å². The van der Waals surface area contributed by atoms with Crippen LogP contribution in [0, 0.1) is 0 Å². The maximum atomic E-state index is 13.3. The van der Waals surface area contributed by atoms with Crippen molar-refractivity contribution in [2.45, 2.75) is 31.1 Å². The summed E-state index contributed by atoms with van der Waals surface area (Å²) in [5.41, 5.74) is 4.49. The molecule has 1 aromatic heterocycles. The fourth-order valence-electron chi connectivity index (χ4n) is 3.74. The van der Waals surface area contributed by atoms with E-state index in [1.807, 2.05) is 38.4 Å². The third-order valence-corrected chi connectivity index (χ3v) is 7.18. The van der Waals surface area contributed by atoms with Crippen molar-refractivity contribution in [2.24, 2.45) is 0 Å². The molecule has 0 atom stereocenters. The highest BCUT2D eigenvalue weighted by molar-refractivity contribution is 7.90. The Hall–Kier alpha value is -1.82. The van der Waals surface area contributed by atoms with Gasteiger partial charge in [0.05, 0.1) is 10.4 Å². The lowest BCUT2D eigenvalue weighted by Gasteiger charge is -2.21. The first-order valence-electron chi connectivity index (χ1n) is 9.08. The number of likely N-dealkylation sites (N-methyl/N-ethyl adjacent to an activating group) is 1. The molecule has 27 heavy (non-hydrogen) atoms. The topological polar surface area (TPSA) is 42.3 Å². The molecule has 0 unspecified atom stereocenters. The second kappa shape index (κ2) is 6.36. The minimum atomic E-state index is -3.62. The summed E-state index contributed by atoms with van der Waals surface area (Å²) in [6.07, 6.45) is 2.53. The van der Waals surface area contributed by atoms with E-state index in [4.69, 9.17) is 11.6 Å². The van der Waals surface area contributed by atoms with Gasteiger partial charge in [0.1, 0.15) is 0 Å². The highest BCUT2D eigenvalue weighted by atomic mass is 35.5. The summed E-state index contributed by atoms with van der Waals surface area (Å²) in [6.45, 7) is 5.05. The maximum Gasteiger partial charge on any atom is 0.268 e. The van der Waals surface area contributed by atoms with Crippen molar-refractivity contribution in [2.75, 3.05) is 20.6 Å². The molecule has 4 rings (SSSR count). The normalized spacial score (nSPS) is 14.9. The first kappa shape index (κ1) is 18.5. The number of hydrogen-bond acceptors (Lipinski definition) is 3. The average molecular weight is 403 g/mol. The quantitative estimate of drug-likeness (QED) is 0.495. The average Bonchev–Trinajstić information content (AvgIpc) is 2.97. The van der Waals surface area contributed by atoms with Gasteiger partial charge in [0.15, 0.2) is 0 Å². The number of halogens is 1. The van der Waals surface area contributed by atoms with Crippen LogP contribution < -0.4 is 0 Å². The Kier molecular flexibility index (Phi) is 4.37. The fraction of sp³-hybridized carbons (Fsp3) is 0.333. The molecule has 0 aliphatic carbocycles. The molecule has 0 fully saturated rings. The van der Waals surface area contributed by atoms with Crippen LogP contribution in [0.25, 0.3) is 22.0 Å². The molecule has 0 radical (unpaired) electrons. The van der Waals surface area contributed by atoms with Gasteiger partial charge < -0.3 is 4.90 Å². The molecular formula is C21H23ClN2O2S. The second-order valence-electron chi connectivity index (χ2n) is 7.77. The number of fused-ring (bicyclic) bond motifs is 2. The molecule has 0 amide bonds. The lowest BCUT2D eigenvalue weighted by atomic mass is 9.95. The van der Waals surface area contributed by atoms with Crippen LogP contribution >= 0.6 is 11.6 Å². The van der Waals surface area contributed by atoms with Crippen LogP contribution in [0.1, 0.15) is 30.9 Å². The number of aromatic nitrogens is 1. The summed E-state index contributed by atoms with van der Waals surface area (Å²) in [5, 5.41) is 1.55.